The zero-order valence-corrected chi connectivity index (χ0v) is 13.1. The van der Waals surface area contributed by atoms with Gasteiger partial charge in [0.1, 0.15) is 11.6 Å². The molecule has 1 aromatic carbocycles. The molecule has 0 aliphatic carbocycles. The van der Waals surface area contributed by atoms with Crippen molar-refractivity contribution in [3.05, 3.63) is 42.2 Å². The second-order valence-electron chi connectivity index (χ2n) is 5.56. The second-order valence-corrected chi connectivity index (χ2v) is 5.56. The maximum Gasteiger partial charge on any atom is 0.331 e. The lowest BCUT2D eigenvalue weighted by molar-refractivity contribution is -0.146. The van der Waals surface area contributed by atoms with Crippen LogP contribution >= 0.6 is 0 Å². The predicted molar refractivity (Wildman–Crippen MR) is 87.3 cm³/mol. The molecule has 2 aliphatic rings. The highest BCUT2D eigenvalue weighted by atomic mass is 16.5. The lowest BCUT2D eigenvalue weighted by atomic mass is 9.85. The quantitative estimate of drug-likeness (QED) is 0.869. The number of benzene rings is 1. The van der Waals surface area contributed by atoms with Gasteiger partial charge < -0.3 is 14.7 Å². The van der Waals surface area contributed by atoms with E-state index in [1.807, 2.05) is 30.2 Å². The van der Waals surface area contributed by atoms with Gasteiger partial charge in [-0.05, 0) is 24.6 Å². The molecular formula is C17H19N3O3. The first-order chi connectivity index (χ1) is 11.1. The number of hydrogen-bond acceptors (Lipinski definition) is 6. The van der Waals surface area contributed by atoms with Gasteiger partial charge >= 0.3 is 5.97 Å². The molecule has 2 aliphatic heterocycles. The van der Waals surface area contributed by atoms with Crippen LogP contribution in [0, 0.1) is 5.92 Å². The van der Waals surface area contributed by atoms with E-state index in [0.717, 1.165) is 5.56 Å². The maximum atomic E-state index is 12.3. The molecule has 0 saturated heterocycles. The largest absolute Gasteiger partial charge is 0.508 e. The highest BCUT2D eigenvalue weighted by Gasteiger charge is 2.41. The Kier molecular flexibility index (Phi) is 4.14. The van der Waals surface area contributed by atoms with Gasteiger partial charge in [-0.1, -0.05) is 19.1 Å². The van der Waals surface area contributed by atoms with Crippen LogP contribution < -0.4 is 0 Å². The number of aliphatic imine (C=N–C) groups is 2. The molecule has 1 N–H and O–H groups in total. The van der Waals surface area contributed by atoms with E-state index in [9.17, 15) is 9.90 Å². The molecule has 3 unspecified atom stereocenters. The number of carbonyl (C=O) groups excluding carboxylic acids is 1. The van der Waals surface area contributed by atoms with Crippen molar-refractivity contribution in [2.24, 2.45) is 15.9 Å². The van der Waals surface area contributed by atoms with Crippen molar-refractivity contribution in [2.45, 2.75) is 25.9 Å². The predicted octanol–water partition coefficient (Wildman–Crippen LogP) is 2.27. The first-order valence-electron chi connectivity index (χ1n) is 7.63. The molecular weight excluding hydrogens is 294 g/mol. The van der Waals surface area contributed by atoms with Crippen LogP contribution in [0.5, 0.6) is 5.75 Å². The molecule has 2 heterocycles. The zero-order valence-electron chi connectivity index (χ0n) is 13.1. The van der Waals surface area contributed by atoms with Gasteiger partial charge in [0.05, 0.1) is 18.9 Å². The summed E-state index contributed by atoms with van der Waals surface area (Å²) in [5.74, 6) is 0.447. The number of esters is 1. The Bertz CT molecular complexity index is 679. The lowest BCUT2D eigenvalue weighted by Gasteiger charge is -2.41. The van der Waals surface area contributed by atoms with Crippen molar-refractivity contribution < 1.29 is 14.6 Å². The van der Waals surface area contributed by atoms with Gasteiger partial charge in [0.25, 0.3) is 0 Å². The second kappa shape index (κ2) is 6.24. The minimum atomic E-state index is -0.571. The van der Waals surface area contributed by atoms with E-state index in [4.69, 9.17) is 4.74 Å². The molecule has 23 heavy (non-hydrogen) atoms. The number of phenols is 1. The minimum absolute atomic E-state index is 0.0829. The van der Waals surface area contributed by atoms with Gasteiger partial charge in [-0.25, -0.2) is 4.79 Å². The molecule has 3 atom stereocenters. The molecule has 0 bridgehead atoms. The van der Waals surface area contributed by atoms with Crippen molar-refractivity contribution in [1.29, 1.82) is 0 Å². The van der Waals surface area contributed by atoms with Crippen LogP contribution in [-0.4, -0.2) is 40.7 Å². The van der Waals surface area contributed by atoms with Gasteiger partial charge in [-0.15, -0.1) is 0 Å². The lowest BCUT2D eigenvalue weighted by Crippen LogP contribution is -2.47. The number of rotatable bonds is 3. The number of aromatic hydroxyl groups is 1. The Morgan fingerprint density at radius 3 is 2.78 bits per heavy atom. The summed E-state index contributed by atoms with van der Waals surface area (Å²) in [7, 11) is 0. The molecule has 6 nitrogen and oxygen atoms in total. The number of carbonyl (C=O) groups is 1. The number of phenolic OH excluding ortho intramolecular Hbond substituents is 1. The standard InChI is InChI=1S/C17H19N3O3/c1-3-23-17(22)15-11(2)16(12-4-6-13(21)7-5-12)20-9-8-18-10-14(20)19-15/h4-11,15-16,21H,3H2,1-2H3. The van der Waals surface area contributed by atoms with Crippen molar-refractivity contribution in [1.82, 2.24) is 4.90 Å². The van der Waals surface area contributed by atoms with Gasteiger partial charge in [-0.2, -0.15) is 0 Å². The van der Waals surface area contributed by atoms with Crippen molar-refractivity contribution >= 4 is 18.0 Å². The first-order valence-corrected chi connectivity index (χ1v) is 7.63. The maximum absolute atomic E-state index is 12.3. The molecule has 0 fully saturated rings. The normalized spacial score (nSPS) is 25.7. The molecule has 1 aromatic rings. The van der Waals surface area contributed by atoms with E-state index >= 15 is 0 Å². The summed E-state index contributed by atoms with van der Waals surface area (Å²) in [5, 5.41) is 9.52. The number of nitrogens with zero attached hydrogens (tertiary/aromatic N) is 3. The Morgan fingerprint density at radius 2 is 2.09 bits per heavy atom. The SMILES string of the molecule is CCOC(=O)C1N=C2C=NC=CN2C(c2ccc(O)cc2)C1C. The zero-order chi connectivity index (χ0) is 16.4. The van der Waals surface area contributed by atoms with E-state index in [2.05, 4.69) is 9.98 Å². The summed E-state index contributed by atoms with van der Waals surface area (Å²) >= 11 is 0. The van der Waals surface area contributed by atoms with Crippen molar-refractivity contribution in [3.63, 3.8) is 0 Å². The van der Waals surface area contributed by atoms with E-state index in [-0.39, 0.29) is 23.7 Å². The smallest absolute Gasteiger partial charge is 0.331 e. The molecule has 0 aromatic heterocycles. The third-order valence-corrected chi connectivity index (χ3v) is 4.10. The summed E-state index contributed by atoms with van der Waals surface area (Å²) in [6.45, 7) is 4.10. The summed E-state index contributed by atoms with van der Waals surface area (Å²) in [5.41, 5.74) is 0.997. The van der Waals surface area contributed by atoms with E-state index < -0.39 is 6.04 Å². The van der Waals surface area contributed by atoms with E-state index in [0.29, 0.717) is 12.4 Å². The molecule has 0 amide bonds. The van der Waals surface area contributed by atoms with Gasteiger partial charge in [-0.3, -0.25) is 9.98 Å². The van der Waals surface area contributed by atoms with Crippen LogP contribution in [0.25, 0.3) is 0 Å². The molecule has 0 radical (unpaired) electrons. The topological polar surface area (TPSA) is 74.5 Å². The molecule has 120 valence electrons. The fraction of sp³-hybridized carbons (Fsp3) is 0.353. The number of ether oxygens (including phenoxy) is 1. The van der Waals surface area contributed by atoms with Crippen molar-refractivity contribution in [2.75, 3.05) is 6.61 Å². The van der Waals surface area contributed by atoms with Gasteiger partial charge in [0.2, 0.25) is 0 Å². The Morgan fingerprint density at radius 1 is 1.35 bits per heavy atom. The fourth-order valence-electron chi connectivity index (χ4n) is 3.01. The molecule has 0 spiro atoms. The van der Waals surface area contributed by atoms with Crippen LogP contribution in [0.2, 0.25) is 0 Å². The van der Waals surface area contributed by atoms with Gasteiger partial charge in [0, 0.05) is 18.3 Å². The number of amidine groups is 1. The van der Waals surface area contributed by atoms with Crippen molar-refractivity contribution in [3.8, 4) is 5.75 Å². The van der Waals surface area contributed by atoms with Gasteiger partial charge in [0.15, 0.2) is 6.04 Å². The Labute approximate surface area is 134 Å². The fourth-order valence-corrected chi connectivity index (χ4v) is 3.01. The molecule has 3 rings (SSSR count). The minimum Gasteiger partial charge on any atom is -0.508 e. The average molecular weight is 313 g/mol. The van der Waals surface area contributed by atoms with Crippen LogP contribution in [0.4, 0.5) is 0 Å². The Hall–Kier alpha value is -2.63. The van der Waals surface area contributed by atoms with Crippen LogP contribution in [0.15, 0.2) is 46.7 Å². The first kappa shape index (κ1) is 15.3. The molecule has 6 heteroatoms. The van der Waals surface area contributed by atoms with E-state index in [1.54, 1.807) is 31.5 Å². The van der Waals surface area contributed by atoms with E-state index in [1.165, 1.54) is 0 Å². The summed E-state index contributed by atoms with van der Waals surface area (Å²) < 4.78 is 5.17. The average Bonchev–Trinajstić information content (AvgIpc) is 2.56. The monoisotopic (exact) mass is 313 g/mol. The third kappa shape index (κ3) is 2.84. The summed E-state index contributed by atoms with van der Waals surface area (Å²) in [4.78, 5) is 22.9. The van der Waals surface area contributed by atoms with Crippen LogP contribution in [0.3, 0.4) is 0 Å². The van der Waals surface area contributed by atoms with Crippen LogP contribution in [0.1, 0.15) is 25.5 Å². The highest BCUT2D eigenvalue weighted by Crippen LogP contribution is 2.37. The summed E-state index contributed by atoms with van der Waals surface area (Å²) in [6, 6.07) is 6.37. The number of fused-ring (bicyclic) bond motifs is 1. The summed E-state index contributed by atoms with van der Waals surface area (Å²) in [6.07, 6.45) is 5.20. The molecule has 0 saturated carbocycles. The third-order valence-electron chi connectivity index (χ3n) is 4.10. The van der Waals surface area contributed by atoms with Crippen LogP contribution in [-0.2, 0) is 9.53 Å². The highest BCUT2D eigenvalue weighted by molar-refractivity contribution is 6.30. The number of hydrogen-bond donors (Lipinski definition) is 1. The Balaban J connectivity index is 2.01.